The number of carboxylic acid groups (broad SMARTS) is 1. The molecule has 0 aliphatic carbocycles. The number of aromatic nitrogens is 1. The second-order valence-corrected chi connectivity index (χ2v) is 11.4. The van der Waals surface area contributed by atoms with Crippen LogP contribution in [0.1, 0.15) is 46.7 Å². The zero-order valence-electron chi connectivity index (χ0n) is 23.0. The van der Waals surface area contributed by atoms with E-state index in [4.69, 9.17) is 18.9 Å². The topological polar surface area (TPSA) is 82.4 Å². The summed E-state index contributed by atoms with van der Waals surface area (Å²) in [7, 11) is 1.71. The molecule has 0 saturated carbocycles. The first-order valence-corrected chi connectivity index (χ1v) is 14.7. The molecule has 9 heteroatoms. The lowest BCUT2D eigenvalue weighted by Gasteiger charge is -2.32. The van der Waals surface area contributed by atoms with Gasteiger partial charge in [0.1, 0.15) is 11.5 Å². The molecule has 1 N–H and O–H groups in total. The predicted molar refractivity (Wildman–Crippen MR) is 160 cm³/mol. The monoisotopic (exact) mass is 620 g/mol. The number of piperidine rings is 1. The predicted octanol–water partition coefficient (Wildman–Crippen LogP) is 6.69. The molecule has 0 bridgehead atoms. The van der Waals surface area contributed by atoms with Gasteiger partial charge in [0.25, 0.3) is 0 Å². The van der Waals surface area contributed by atoms with E-state index in [9.17, 15) is 9.90 Å². The third kappa shape index (κ3) is 6.01. The number of aryl methyl sites for hydroxylation is 1. The van der Waals surface area contributed by atoms with Crippen LogP contribution in [-0.2, 0) is 13.1 Å². The Morgan fingerprint density at radius 3 is 2.63 bits per heavy atom. The van der Waals surface area contributed by atoms with E-state index in [1.54, 1.807) is 19.2 Å². The number of aromatic carboxylic acids is 1. The maximum absolute atomic E-state index is 11.4. The molecule has 0 unspecified atom stereocenters. The molecule has 41 heavy (non-hydrogen) atoms. The number of likely N-dealkylation sites (tertiary alicyclic amines) is 1. The smallest absolute Gasteiger partial charge is 0.335 e. The average Bonchev–Trinajstić information content (AvgIpc) is 3.61. The summed E-state index contributed by atoms with van der Waals surface area (Å²) in [5, 5.41) is 10.6. The fraction of sp³-hybridized carbons (Fsp3) is 0.344. The van der Waals surface area contributed by atoms with E-state index in [2.05, 4.69) is 43.7 Å². The fourth-order valence-electron chi connectivity index (χ4n) is 5.80. The van der Waals surface area contributed by atoms with Gasteiger partial charge in [-0.1, -0.05) is 15.9 Å². The lowest BCUT2D eigenvalue weighted by atomic mass is 9.89. The Kier molecular flexibility index (Phi) is 8.07. The van der Waals surface area contributed by atoms with Gasteiger partial charge in [0, 0.05) is 40.7 Å². The van der Waals surface area contributed by atoms with Crippen LogP contribution < -0.4 is 18.9 Å². The molecular weight excluding hydrogens is 588 g/mol. The third-order valence-corrected chi connectivity index (χ3v) is 8.76. The van der Waals surface area contributed by atoms with Gasteiger partial charge < -0.3 is 28.6 Å². The molecule has 3 aromatic carbocycles. The molecule has 0 atom stereocenters. The van der Waals surface area contributed by atoms with Crippen molar-refractivity contribution in [3.8, 4) is 23.0 Å². The normalized spacial score (nSPS) is 15.4. The Hall–Kier alpha value is -3.69. The number of hydrogen-bond donors (Lipinski definition) is 1. The zero-order valence-corrected chi connectivity index (χ0v) is 24.6. The number of carboxylic acids is 1. The number of nitrogens with zero attached hydrogens (tertiary/aromatic N) is 2. The molecule has 1 fully saturated rings. The van der Waals surface area contributed by atoms with Crippen molar-refractivity contribution < 1.29 is 28.8 Å². The van der Waals surface area contributed by atoms with Crippen LogP contribution in [0, 0.1) is 0 Å². The summed E-state index contributed by atoms with van der Waals surface area (Å²) < 4.78 is 25.7. The minimum atomic E-state index is -0.899. The summed E-state index contributed by atoms with van der Waals surface area (Å²) in [6, 6.07) is 17.2. The lowest BCUT2D eigenvalue weighted by Crippen LogP contribution is -2.32. The van der Waals surface area contributed by atoms with Crippen LogP contribution in [0.5, 0.6) is 23.0 Å². The Morgan fingerprint density at radius 2 is 1.83 bits per heavy atom. The first-order valence-electron chi connectivity index (χ1n) is 13.9. The van der Waals surface area contributed by atoms with Crippen LogP contribution in [0.2, 0.25) is 0 Å². The van der Waals surface area contributed by atoms with Crippen molar-refractivity contribution in [3.63, 3.8) is 0 Å². The number of hydrogen-bond acceptors (Lipinski definition) is 6. The van der Waals surface area contributed by atoms with Crippen LogP contribution in [0.4, 0.5) is 0 Å². The van der Waals surface area contributed by atoms with Crippen LogP contribution in [0.3, 0.4) is 0 Å². The number of ether oxygens (including phenoxy) is 4. The Balaban J connectivity index is 1.11. The standard InChI is InChI=1S/C32H33BrN2O6/c1-38-24-4-7-29-26(16-24)27(19-35(29)11-2-14-39-25-5-8-30-31(17-25)41-20-40-30)21-9-12-34(13-10-21)18-23-15-22(32(36)37)3-6-28(23)33/h3-8,15-17,19,21H,2,9-14,18,20H2,1H3,(H,36,37). The number of methoxy groups -OCH3 is 1. The number of benzene rings is 3. The van der Waals surface area contributed by atoms with Crippen molar-refractivity contribution in [1.82, 2.24) is 9.47 Å². The number of rotatable bonds is 10. The van der Waals surface area contributed by atoms with Crippen LogP contribution in [-0.4, -0.2) is 54.1 Å². The van der Waals surface area contributed by atoms with Crippen molar-refractivity contribution in [3.05, 3.63) is 82.0 Å². The number of carbonyl (C=O) groups is 1. The quantitative estimate of drug-likeness (QED) is 0.198. The first kappa shape index (κ1) is 27.5. The van der Waals surface area contributed by atoms with Crippen molar-refractivity contribution in [2.24, 2.45) is 0 Å². The van der Waals surface area contributed by atoms with E-state index in [1.807, 2.05) is 30.3 Å². The Bertz CT molecular complexity index is 1560. The molecule has 0 spiro atoms. The highest BCUT2D eigenvalue weighted by Gasteiger charge is 2.25. The molecule has 4 aromatic rings. The van der Waals surface area contributed by atoms with Crippen molar-refractivity contribution in [2.75, 3.05) is 33.6 Å². The largest absolute Gasteiger partial charge is 0.497 e. The molecule has 2 aliphatic heterocycles. The molecule has 1 saturated heterocycles. The summed E-state index contributed by atoms with van der Waals surface area (Å²) in [4.78, 5) is 13.9. The van der Waals surface area contributed by atoms with E-state index in [0.29, 0.717) is 18.1 Å². The molecule has 0 radical (unpaired) electrons. The number of halogens is 1. The summed E-state index contributed by atoms with van der Waals surface area (Å²) in [5.74, 6) is 2.67. The Morgan fingerprint density at radius 1 is 1.02 bits per heavy atom. The second-order valence-electron chi connectivity index (χ2n) is 10.5. The van der Waals surface area contributed by atoms with Crippen LogP contribution in [0.15, 0.2) is 65.3 Å². The summed E-state index contributed by atoms with van der Waals surface area (Å²) >= 11 is 3.60. The SMILES string of the molecule is COc1ccc2c(c1)c(C1CCN(Cc3cc(C(=O)O)ccc3Br)CC1)cn2CCCOc1ccc2c(c1)OCO2. The Labute approximate surface area is 247 Å². The molecule has 3 heterocycles. The van der Waals surface area contributed by atoms with Gasteiger partial charge in [-0.2, -0.15) is 0 Å². The molecule has 8 nitrogen and oxygen atoms in total. The highest BCUT2D eigenvalue weighted by molar-refractivity contribution is 9.10. The van der Waals surface area contributed by atoms with Gasteiger partial charge >= 0.3 is 5.97 Å². The maximum atomic E-state index is 11.4. The van der Waals surface area contributed by atoms with E-state index in [1.165, 1.54) is 16.5 Å². The van der Waals surface area contributed by atoms with Gasteiger partial charge in [0.15, 0.2) is 11.5 Å². The molecule has 214 valence electrons. The summed E-state index contributed by atoms with van der Waals surface area (Å²) in [5.41, 5.74) is 3.90. The average molecular weight is 622 g/mol. The van der Waals surface area contributed by atoms with Crippen molar-refractivity contribution in [2.45, 2.75) is 38.3 Å². The third-order valence-electron chi connectivity index (χ3n) is 7.99. The zero-order chi connectivity index (χ0) is 28.3. The molecule has 2 aliphatic rings. The molecule has 6 rings (SSSR count). The first-order chi connectivity index (χ1) is 20.0. The molecular formula is C32H33BrN2O6. The van der Waals surface area contributed by atoms with Crippen molar-refractivity contribution in [1.29, 1.82) is 0 Å². The highest BCUT2D eigenvalue weighted by Crippen LogP contribution is 2.37. The highest BCUT2D eigenvalue weighted by atomic mass is 79.9. The van der Waals surface area contributed by atoms with Crippen LogP contribution in [0.25, 0.3) is 10.9 Å². The maximum Gasteiger partial charge on any atom is 0.335 e. The molecule has 1 aromatic heterocycles. The number of fused-ring (bicyclic) bond motifs is 2. The van der Waals surface area contributed by atoms with E-state index >= 15 is 0 Å². The van der Waals surface area contributed by atoms with Crippen molar-refractivity contribution >= 4 is 32.8 Å². The van der Waals surface area contributed by atoms with Gasteiger partial charge in [-0.05, 0) is 97.9 Å². The van der Waals surface area contributed by atoms with Gasteiger partial charge in [0.05, 0.1) is 19.3 Å². The molecule has 0 amide bonds. The summed E-state index contributed by atoms with van der Waals surface area (Å²) in [6.45, 7) is 4.34. The minimum absolute atomic E-state index is 0.254. The van der Waals surface area contributed by atoms with E-state index in [0.717, 1.165) is 78.5 Å². The van der Waals surface area contributed by atoms with Crippen LogP contribution >= 0.6 is 15.9 Å². The van der Waals surface area contributed by atoms with Gasteiger partial charge in [-0.25, -0.2) is 4.79 Å². The van der Waals surface area contributed by atoms with E-state index < -0.39 is 5.97 Å². The minimum Gasteiger partial charge on any atom is -0.497 e. The van der Waals surface area contributed by atoms with E-state index in [-0.39, 0.29) is 6.79 Å². The van der Waals surface area contributed by atoms with Gasteiger partial charge in [0.2, 0.25) is 6.79 Å². The summed E-state index contributed by atoms with van der Waals surface area (Å²) in [6.07, 6.45) is 5.27. The lowest BCUT2D eigenvalue weighted by molar-refractivity contribution is 0.0696. The fourth-order valence-corrected chi connectivity index (χ4v) is 6.18. The van der Waals surface area contributed by atoms with Gasteiger partial charge in [-0.3, -0.25) is 4.90 Å². The second kappa shape index (κ2) is 12.0. The van der Waals surface area contributed by atoms with Gasteiger partial charge in [-0.15, -0.1) is 0 Å².